The standard InChI is InChI=1S/C22H28ClN3O/c1-17-15-26(22(16-27-17)14-18-2-4-19(23)5-3-18)21-8-12-25(13-9-21)20-6-10-24-11-7-20/h2-7,10-11,17,21-22H,8-9,12-16H2,1H3/t17-,22-/m0/s1. The van der Waals surface area contributed by atoms with E-state index in [0.29, 0.717) is 18.2 Å². The van der Waals surface area contributed by atoms with Gasteiger partial charge in [-0.25, -0.2) is 0 Å². The third-order valence-corrected chi connectivity index (χ3v) is 6.11. The minimum atomic E-state index is 0.310. The predicted molar refractivity (Wildman–Crippen MR) is 111 cm³/mol. The molecule has 0 saturated carbocycles. The van der Waals surface area contributed by atoms with Gasteiger partial charge < -0.3 is 9.64 Å². The summed E-state index contributed by atoms with van der Waals surface area (Å²) in [5.41, 5.74) is 2.62. The summed E-state index contributed by atoms with van der Waals surface area (Å²) >= 11 is 6.04. The minimum absolute atomic E-state index is 0.310. The van der Waals surface area contributed by atoms with Gasteiger partial charge in [0.2, 0.25) is 0 Å². The highest BCUT2D eigenvalue weighted by Crippen LogP contribution is 2.27. The Bertz CT molecular complexity index is 716. The third kappa shape index (κ3) is 4.63. The van der Waals surface area contributed by atoms with Gasteiger partial charge in [0.1, 0.15) is 0 Å². The first-order valence-corrected chi connectivity index (χ1v) is 10.3. The molecule has 0 spiro atoms. The third-order valence-electron chi connectivity index (χ3n) is 5.86. The zero-order valence-electron chi connectivity index (χ0n) is 15.9. The van der Waals surface area contributed by atoms with Crippen LogP contribution in [0.15, 0.2) is 48.8 Å². The molecule has 0 N–H and O–H groups in total. The second-order valence-electron chi connectivity index (χ2n) is 7.75. The Balaban J connectivity index is 1.41. The number of rotatable bonds is 4. The number of piperidine rings is 1. The molecule has 0 amide bonds. The van der Waals surface area contributed by atoms with E-state index in [1.54, 1.807) is 0 Å². The highest BCUT2D eigenvalue weighted by molar-refractivity contribution is 6.30. The lowest BCUT2D eigenvalue weighted by molar-refractivity contribution is -0.0744. The largest absolute Gasteiger partial charge is 0.376 e. The average Bonchev–Trinajstić information content (AvgIpc) is 2.72. The highest BCUT2D eigenvalue weighted by Gasteiger charge is 2.34. The molecule has 4 rings (SSSR count). The van der Waals surface area contributed by atoms with Gasteiger partial charge in [-0.1, -0.05) is 23.7 Å². The van der Waals surface area contributed by atoms with Gasteiger partial charge >= 0.3 is 0 Å². The minimum Gasteiger partial charge on any atom is -0.376 e. The van der Waals surface area contributed by atoms with Gasteiger partial charge in [-0.05, 0) is 56.0 Å². The van der Waals surface area contributed by atoms with Gasteiger partial charge in [-0.3, -0.25) is 9.88 Å². The lowest BCUT2D eigenvalue weighted by atomic mass is 9.96. The number of pyridine rings is 1. The lowest BCUT2D eigenvalue weighted by Gasteiger charge is -2.46. The highest BCUT2D eigenvalue weighted by atomic mass is 35.5. The Morgan fingerprint density at radius 1 is 1.07 bits per heavy atom. The summed E-state index contributed by atoms with van der Waals surface area (Å²) < 4.78 is 6.01. The topological polar surface area (TPSA) is 28.6 Å². The van der Waals surface area contributed by atoms with E-state index in [9.17, 15) is 0 Å². The van der Waals surface area contributed by atoms with E-state index in [0.717, 1.165) is 37.7 Å². The van der Waals surface area contributed by atoms with Crippen LogP contribution in [0.2, 0.25) is 5.02 Å². The van der Waals surface area contributed by atoms with Crippen LogP contribution in [-0.4, -0.2) is 54.3 Å². The maximum Gasteiger partial charge on any atom is 0.0674 e. The lowest BCUT2D eigenvalue weighted by Crippen LogP contribution is -2.56. The van der Waals surface area contributed by atoms with Crippen LogP contribution in [0.4, 0.5) is 5.69 Å². The molecule has 144 valence electrons. The van der Waals surface area contributed by atoms with Crippen molar-refractivity contribution >= 4 is 17.3 Å². The molecule has 2 aromatic rings. The molecule has 0 radical (unpaired) electrons. The van der Waals surface area contributed by atoms with Crippen molar-refractivity contribution in [3.8, 4) is 0 Å². The van der Waals surface area contributed by atoms with E-state index in [4.69, 9.17) is 16.3 Å². The van der Waals surface area contributed by atoms with Crippen molar-refractivity contribution in [3.05, 3.63) is 59.4 Å². The van der Waals surface area contributed by atoms with Crippen molar-refractivity contribution in [1.82, 2.24) is 9.88 Å². The molecule has 0 unspecified atom stereocenters. The van der Waals surface area contributed by atoms with Crippen molar-refractivity contribution in [2.75, 3.05) is 31.1 Å². The molecule has 1 aromatic carbocycles. The summed E-state index contributed by atoms with van der Waals surface area (Å²) in [5, 5.41) is 0.799. The molecule has 5 heteroatoms. The van der Waals surface area contributed by atoms with Gasteiger partial charge in [0.05, 0.1) is 12.7 Å². The van der Waals surface area contributed by atoms with Crippen LogP contribution in [0.25, 0.3) is 0 Å². The van der Waals surface area contributed by atoms with Crippen LogP contribution >= 0.6 is 11.6 Å². The molecule has 2 aliphatic heterocycles. The summed E-state index contributed by atoms with van der Waals surface area (Å²) in [5.74, 6) is 0. The van der Waals surface area contributed by atoms with E-state index in [-0.39, 0.29) is 0 Å². The zero-order chi connectivity index (χ0) is 18.6. The first-order valence-electron chi connectivity index (χ1n) is 9.96. The van der Waals surface area contributed by atoms with Crippen molar-refractivity contribution in [3.63, 3.8) is 0 Å². The summed E-state index contributed by atoms with van der Waals surface area (Å²) in [6.07, 6.45) is 7.50. The Kier molecular flexibility index (Phi) is 5.96. The van der Waals surface area contributed by atoms with Crippen molar-refractivity contribution in [2.24, 2.45) is 0 Å². The number of morpholine rings is 1. The van der Waals surface area contributed by atoms with Crippen LogP contribution in [0.5, 0.6) is 0 Å². The van der Waals surface area contributed by atoms with Crippen molar-refractivity contribution in [2.45, 2.75) is 44.4 Å². The second-order valence-corrected chi connectivity index (χ2v) is 8.19. The van der Waals surface area contributed by atoms with E-state index >= 15 is 0 Å². The summed E-state index contributed by atoms with van der Waals surface area (Å²) in [7, 11) is 0. The molecule has 2 aliphatic rings. The SMILES string of the molecule is C[C@H]1CN(C2CCN(c3ccncc3)CC2)[C@@H](Cc2ccc(Cl)cc2)CO1. The molecule has 27 heavy (non-hydrogen) atoms. The normalized spacial score (nSPS) is 24.9. The fraction of sp³-hybridized carbons (Fsp3) is 0.500. The molecular formula is C22H28ClN3O. The van der Waals surface area contributed by atoms with E-state index in [1.165, 1.54) is 24.1 Å². The number of ether oxygens (including phenoxy) is 1. The number of anilines is 1. The molecular weight excluding hydrogens is 358 g/mol. The molecule has 4 nitrogen and oxygen atoms in total. The molecule has 2 fully saturated rings. The Labute approximate surface area is 167 Å². The number of nitrogens with zero attached hydrogens (tertiary/aromatic N) is 3. The van der Waals surface area contributed by atoms with Gasteiger partial charge in [0.25, 0.3) is 0 Å². The summed E-state index contributed by atoms with van der Waals surface area (Å²) in [4.78, 5) is 9.33. The number of halogens is 1. The van der Waals surface area contributed by atoms with E-state index < -0.39 is 0 Å². The first kappa shape index (κ1) is 18.7. The first-order chi connectivity index (χ1) is 13.2. The van der Waals surface area contributed by atoms with Gasteiger partial charge in [-0.15, -0.1) is 0 Å². The number of benzene rings is 1. The average molecular weight is 386 g/mol. The van der Waals surface area contributed by atoms with Gasteiger partial charge in [-0.2, -0.15) is 0 Å². The molecule has 1 aromatic heterocycles. The Morgan fingerprint density at radius 3 is 2.48 bits per heavy atom. The van der Waals surface area contributed by atoms with Crippen LogP contribution in [-0.2, 0) is 11.2 Å². The van der Waals surface area contributed by atoms with Crippen molar-refractivity contribution < 1.29 is 4.74 Å². The van der Waals surface area contributed by atoms with Gasteiger partial charge in [0, 0.05) is 54.8 Å². The number of aromatic nitrogens is 1. The fourth-order valence-electron chi connectivity index (χ4n) is 4.40. The molecule has 0 bridgehead atoms. The van der Waals surface area contributed by atoms with E-state index in [2.05, 4.69) is 46.0 Å². The smallest absolute Gasteiger partial charge is 0.0674 e. The monoisotopic (exact) mass is 385 g/mol. The number of hydrogen-bond donors (Lipinski definition) is 0. The van der Waals surface area contributed by atoms with Crippen LogP contribution < -0.4 is 4.90 Å². The fourth-order valence-corrected chi connectivity index (χ4v) is 4.52. The second kappa shape index (κ2) is 8.59. The van der Waals surface area contributed by atoms with Crippen LogP contribution in [0.1, 0.15) is 25.3 Å². The zero-order valence-corrected chi connectivity index (χ0v) is 16.7. The Morgan fingerprint density at radius 2 is 1.78 bits per heavy atom. The summed E-state index contributed by atoms with van der Waals surface area (Å²) in [6, 6.07) is 13.6. The Hall–Kier alpha value is -1.62. The molecule has 2 atom stereocenters. The quantitative estimate of drug-likeness (QED) is 0.794. The van der Waals surface area contributed by atoms with Crippen molar-refractivity contribution in [1.29, 1.82) is 0 Å². The molecule has 2 saturated heterocycles. The molecule has 0 aliphatic carbocycles. The molecule has 3 heterocycles. The maximum absolute atomic E-state index is 6.04. The summed E-state index contributed by atoms with van der Waals surface area (Å²) in [6.45, 7) is 6.24. The predicted octanol–water partition coefficient (Wildman–Crippen LogP) is 4.04. The number of hydrogen-bond acceptors (Lipinski definition) is 4. The van der Waals surface area contributed by atoms with E-state index in [1.807, 2.05) is 24.5 Å². The van der Waals surface area contributed by atoms with Gasteiger partial charge in [0.15, 0.2) is 0 Å². The maximum atomic E-state index is 6.04. The van der Waals surface area contributed by atoms with Crippen LogP contribution in [0.3, 0.4) is 0 Å². The van der Waals surface area contributed by atoms with Crippen LogP contribution in [0, 0.1) is 0 Å².